The third kappa shape index (κ3) is 0.672. The summed E-state index contributed by atoms with van der Waals surface area (Å²) in [6, 6.07) is 0. The van der Waals surface area contributed by atoms with E-state index in [9.17, 15) is 0 Å². The molecule has 3 aliphatic rings. The molecule has 0 amide bonds. The van der Waals surface area contributed by atoms with Crippen LogP contribution in [0.3, 0.4) is 0 Å². The molecule has 0 saturated heterocycles. The van der Waals surface area contributed by atoms with Crippen LogP contribution in [0.4, 0.5) is 0 Å². The summed E-state index contributed by atoms with van der Waals surface area (Å²) in [6.07, 6.45) is 4.45. The van der Waals surface area contributed by atoms with Gasteiger partial charge in [-0.05, 0) is 24.3 Å². The highest BCUT2D eigenvalue weighted by atomic mass is 79.9. The highest BCUT2D eigenvalue weighted by Gasteiger charge is 2.70. The van der Waals surface area contributed by atoms with Crippen LogP contribution >= 0.6 is 15.9 Å². The van der Waals surface area contributed by atoms with Crippen molar-refractivity contribution >= 4 is 24.0 Å². The molecule has 0 unspecified atom stereocenters. The van der Waals surface area contributed by atoms with Gasteiger partial charge in [0.2, 0.25) is 0 Å². The lowest BCUT2D eigenvalue weighted by atomic mass is 9.54. The standard InChI is InChI=1S/C8H15BrSi/c1-10(2,3)8-4-7(9,5-8)6-8/h4-6H2,1-3H3. The molecular formula is C8H15BrSi. The van der Waals surface area contributed by atoms with Gasteiger partial charge in [0.05, 0.1) is 8.07 Å². The summed E-state index contributed by atoms with van der Waals surface area (Å²) in [6.45, 7) is 7.54. The summed E-state index contributed by atoms with van der Waals surface area (Å²) in [4.78, 5) is 0. The second-order valence-electron chi connectivity index (χ2n) is 5.21. The van der Waals surface area contributed by atoms with E-state index in [4.69, 9.17) is 0 Å². The largest absolute Gasteiger partial charge is 0.0853 e. The maximum absolute atomic E-state index is 3.78. The Labute approximate surface area is 72.5 Å². The second kappa shape index (κ2) is 1.56. The fourth-order valence-electron chi connectivity index (χ4n) is 2.46. The van der Waals surface area contributed by atoms with Gasteiger partial charge in [0, 0.05) is 4.32 Å². The summed E-state index contributed by atoms with van der Waals surface area (Å²) >= 11 is 3.78. The molecule has 3 rings (SSSR count). The molecule has 10 heavy (non-hydrogen) atoms. The Kier molecular flexibility index (Phi) is 1.15. The Morgan fingerprint density at radius 3 is 1.60 bits per heavy atom. The summed E-state index contributed by atoms with van der Waals surface area (Å²) in [5, 5.41) is 0.858. The Balaban J connectivity index is 2.11. The maximum atomic E-state index is 3.78. The molecule has 3 aliphatic carbocycles. The van der Waals surface area contributed by atoms with E-state index in [1.807, 2.05) is 0 Å². The summed E-state index contributed by atoms with van der Waals surface area (Å²) in [5.74, 6) is 0. The van der Waals surface area contributed by atoms with Crippen LogP contribution in [0, 0.1) is 0 Å². The SMILES string of the molecule is C[Si](C)(C)C12CC(Br)(C1)C2. The quantitative estimate of drug-likeness (QED) is 0.468. The maximum Gasteiger partial charge on any atom is 0.0507 e. The van der Waals surface area contributed by atoms with Crippen LogP contribution in [0.5, 0.6) is 0 Å². The molecule has 0 nitrogen and oxygen atoms in total. The fourth-order valence-corrected chi connectivity index (χ4v) is 7.45. The predicted octanol–water partition coefficient (Wildman–Crippen LogP) is 3.40. The van der Waals surface area contributed by atoms with E-state index in [0.717, 1.165) is 5.04 Å². The van der Waals surface area contributed by atoms with Gasteiger partial charge < -0.3 is 0 Å². The number of hydrogen-bond acceptors (Lipinski definition) is 0. The lowest BCUT2D eigenvalue weighted by Crippen LogP contribution is -2.67. The van der Waals surface area contributed by atoms with Crippen LogP contribution < -0.4 is 0 Å². The zero-order valence-electron chi connectivity index (χ0n) is 7.00. The molecule has 0 radical (unpaired) electrons. The van der Waals surface area contributed by atoms with Gasteiger partial charge >= 0.3 is 0 Å². The van der Waals surface area contributed by atoms with Crippen LogP contribution in [0.2, 0.25) is 24.7 Å². The first kappa shape index (κ1) is 7.35. The molecule has 0 atom stereocenters. The minimum Gasteiger partial charge on any atom is -0.0853 e. The molecule has 0 aromatic heterocycles. The van der Waals surface area contributed by atoms with Crippen LogP contribution in [0.25, 0.3) is 0 Å². The summed E-state index contributed by atoms with van der Waals surface area (Å²) < 4.78 is 0.632. The smallest absolute Gasteiger partial charge is 0.0507 e. The molecule has 3 fully saturated rings. The first-order valence-electron chi connectivity index (χ1n) is 4.06. The van der Waals surface area contributed by atoms with Crippen LogP contribution in [-0.2, 0) is 0 Å². The molecule has 0 aliphatic heterocycles. The lowest BCUT2D eigenvalue weighted by Gasteiger charge is -2.73. The van der Waals surface area contributed by atoms with Gasteiger partial charge in [-0.15, -0.1) is 0 Å². The highest BCUT2D eigenvalue weighted by Crippen LogP contribution is 2.80. The zero-order valence-corrected chi connectivity index (χ0v) is 9.59. The van der Waals surface area contributed by atoms with Crippen molar-refractivity contribution < 1.29 is 0 Å². The van der Waals surface area contributed by atoms with Crippen molar-refractivity contribution in [2.45, 2.75) is 48.3 Å². The van der Waals surface area contributed by atoms with E-state index in [1.165, 1.54) is 19.3 Å². The second-order valence-corrected chi connectivity index (χ2v) is 12.5. The highest BCUT2D eigenvalue weighted by molar-refractivity contribution is 9.10. The van der Waals surface area contributed by atoms with Gasteiger partial charge in [-0.3, -0.25) is 0 Å². The van der Waals surface area contributed by atoms with Crippen LogP contribution in [0.1, 0.15) is 19.3 Å². The van der Waals surface area contributed by atoms with Crippen molar-refractivity contribution in [3.63, 3.8) is 0 Å². The Morgan fingerprint density at radius 2 is 1.50 bits per heavy atom. The average molecular weight is 219 g/mol. The fraction of sp³-hybridized carbons (Fsp3) is 1.00. The predicted molar refractivity (Wildman–Crippen MR) is 51.5 cm³/mol. The normalized spacial score (nSPS) is 51.6. The molecule has 2 heteroatoms. The number of hydrogen-bond donors (Lipinski definition) is 0. The minimum absolute atomic E-state index is 0.632. The Bertz CT molecular complexity index is 160. The number of rotatable bonds is 1. The molecule has 0 heterocycles. The molecule has 0 aromatic carbocycles. The molecule has 0 aromatic rings. The van der Waals surface area contributed by atoms with Gasteiger partial charge in [0.1, 0.15) is 0 Å². The zero-order chi connectivity index (χ0) is 7.62. The number of alkyl halides is 1. The van der Waals surface area contributed by atoms with Crippen molar-refractivity contribution in [3.8, 4) is 0 Å². The molecule has 58 valence electrons. The van der Waals surface area contributed by atoms with Gasteiger partial charge in [0.15, 0.2) is 0 Å². The molecule has 2 bridgehead atoms. The van der Waals surface area contributed by atoms with Crippen molar-refractivity contribution in [2.75, 3.05) is 0 Å². The van der Waals surface area contributed by atoms with Gasteiger partial charge in [-0.1, -0.05) is 35.6 Å². The minimum atomic E-state index is -0.809. The topological polar surface area (TPSA) is 0 Å². The van der Waals surface area contributed by atoms with E-state index < -0.39 is 8.07 Å². The van der Waals surface area contributed by atoms with E-state index in [2.05, 4.69) is 35.6 Å². The monoisotopic (exact) mass is 218 g/mol. The molecule has 0 N–H and O–H groups in total. The summed E-state index contributed by atoms with van der Waals surface area (Å²) in [5.41, 5.74) is 0. The Morgan fingerprint density at radius 1 is 1.10 bits per heavy atom. The molecule has 0 spiro atoms. The van der Waals surface area contributed by atoms with Crippen molar-refractivity contribution in [2.24, 2.45) is 0 Å². The van der Waals surface area contributed by atoms with Crippen molar-refractivity contribution in [1.82, 2.24) is 0 Å². The first-order valence-corrected chi connectivity index (χ1v) is 8.35. The third-order valence-electron chi connectivity index (χ3n) is 3.56. The molecule has 3 saturated carbocycles. The summed E-state index contributed by atoms with van der Waals surface area (Å²) in [7, 11) is -0.809. The van der Waals surface area contributed by atoms with Gasteiger partial charge in [-0.2, -0.15) is 0 Å². The third-order valence-corrected chi connectivity index (χ3v) is 8.11. The van der Waals surface area contributed by atoms with E-state index in [-0.39, 0.29) is 0 Å². The van der Waals surface area contributed by atoms with E-state index in [1.54, 1.807) is 0 Å². The van der Waals surface area contributed by atoms with Crippen LogP contribution in [0.15, 0.2) is 0 Å². The molecular weight excluding hydrogens is 204 g/mol. The van der Waals surface area contributed by atoms with Gasteiger partial charge in [-0.25, -0.2) is 0 Å². The van der Waals surface area contributed by atoms with E-state index in [0.29, 0.717) is 4.32 Å². The Hall–Kier alpha value is 0.697. The van der Waals surface area contributed by atoms with Crippen molar-refractivity contribution in [1.29, 1.82) is 0 Å². The van der Waals surface area contributed by atoms with Crippen LogP contribution in [-0.4, -0.2) is 12.4 Å². The first-order chi connectivity index (χ1) is 4.37. The van der Waals surface area contributed by atoms with Gasteiger partial charge in [0.25, 0.3) is 0 Å². The average Bonchev–Trinajstić information content (AvgIpc) is 1.51. The lowest BCUT2D eigenvalue weighted by molar-refractivity contribution is 0.0752. The van der Waals surface area contributed by atoms with E-state index >= 15 is 0 Å². The number of halogens is 1. The van der Waals surface area contributed by atoms with Crippen molar-refractivity contribution in [3.05, 3.63) is 0 Å².